The number of amides is 1. The Morgan fingerprint density at radius 2 is 2.18 bits per heavy atom. The molecule has 4 nitrogen and oxygen atoms in total. The Morgan fingerprint density at radius 3 is 2.82 bits per heavy atom. The minimum absolute atomic E-state index is 0.113. The molecule has 0 aromatic carbocycles. The first-order chi connectivity index (χ1) is 8.00. The molecule has 0 saturated heterocycles. The second kappa shape index (κ2) is 4.53. The quantitative estimate of drug-likeness (QED) is 0.850. The van der Waals surface area contributed by atoms with Crippen molar-refractivity contribution in [3.63, 3.8) is 0 Å². The smallest absolute Gasteiger partial charge is 0.253 e. The van der Waals surface area contributed by atoms with Gasteiger partial charge in [-0.3, -0.25) is 4.79 Å². The molecule has 17 heavy (non-hydrogen) atoms. The maximum atomic E-state index is 12.1. The zero-order valence-electron chi connectivity index (χ0n) is 9.79. The minimum Gasteiger partial charge on any atom is -0.384 e. The van der Waals surface area contributed by atoms with Gasteiger partial charge in [-0.05, 0) is 25.8 Å². The molecule has 0 aliphatic heterocycles. The van der Waals surface area contributed by atoms with Crippen LogP contribution in [0.25, 0.3) is 0 Å². The van der Waals surface area contributed by atoms with Crippen LogP contribution < -0.4 is 11.1 Å². The summed E-state index contributed by atoms with van der Waals surface area (Å²) in [6, 6.07) is 1.51. The SMILES string of the molecule is CC1(NC(=O)c2cc(N)ncc2Cl)CCCC1. The van der Waals surface area contributed by atoms with Crippen molar-refractivity contribution in [2.24, 2.45) is 0 Å². The third kappa shape index (κ3) is 2.69. The van der Waals surface area contributed by atoms with Crippen molar-refractivity contribution in [1.82, 2.24) is 10.3 Å². The van der Waals surface area contributed by atoms with E-state index in [9.17, 15) is 4.79 Å². The molecule has 0 spiro atoms. The number of pyridine rings is 1. The minimum atomic E-state index is -0.173. The summed E-state index contributed by atoms with van der Waals surface area (Å²) in [6.07, 6.45) is 5.74. The third-order valence-corrected chi connectivity index (χ3v) is 3.54. The molecule has 1 aliphatic rings. The zero-order valence-corrected chi connectivity index (χ0v) is 10.5. The van der Waals surface area contributed by atoms with Crippen LogP contribution in [0.3, 0.4) is 0 Å². The largest absolute Gasteiger partial charge is 0.384 e. The number of hydrogen-bond acceptors (Lipinski definition) is 3. The van der Waals surface area contributed by atoms with Crippen molar-refractivity contribution >= 4 is 23.3 Å². The van der Waals surface area contributed by atoms with Crippen LogP contribution in [0.1, 0.15) is 43.0 Å². The molecule has 5 heteroatoms. The number of rotatable bonds is 2. The van der Waals surface area contributed by atoms with Gasteiger partial charge in [0.05, 0.1) is 10.6 Å². The van der Waals surface area contributed by atoms with Crippen LogP contribution >= 0.6 is 11.6 Å². The lowest BCUT2D eigenvalue weighted by Gasteiger charge is -2.25. The van der Waals surface area contributed by atoms with E-state index in [-0.39, 0.29) is 11.4 Å². The maximum absolute atomic E-state index is 12.1. The molecule has 1 fully saturated rings. The maximum Gasteiger partial charge on any atom is 0.253 e. The lowest BCUT2D eigenvalue weighted by molar-refractivity contribution is 0.0908. The van der Waals surface area contributed by atoms with E-state index in [1.165, 1.54) is 12.3 Å². The molecule has 1 aromatic heterocycles. The predicted octanol–water partition coefficient (Wildman–Crippen LogP) is 2.38. The summed E-state index contributed by atoms with van der Waals surface area (Å²) >= 11 is 5.94. The number of nitrogen functional groups attached to an aromatic ring is 1. The fraction of sp³-hybridized carbons (Fsp3) is 0.500. The molecule has 0 bridgehead atoms. The van der Waals surface area contributed by atoms with E-state index in [4.69, 9.17) is 17.3 Å². The van der Waals surface area contributed by atoms with Crippen molar-refractivity contribution in [3.05, 3.63) is 22.8 Å². The molecule has 0 unspecified atom stereocenters. The monoisotopic (exact) mass is 253 g/mol. The Bertz CT molecular complexity index is 441. The van der Waals surface area contributed by atoms with Crippen molar-refractivity contribution < 1.29 is 4.79 Å². The van der Waals surface area contributed by atoms with Crippen LogP contribution in [0.4, 0.5) is 5.82 Å². The fourth-order valence-electron chi connectivity index (χ4n) is 2.25. The van der Waals surface area contributed by atoms with Gasteiger partial charge in [0.2, 0.25) is 0 Å². The average molecular weight is 254 g/mol. The van der Waals surface area contributed by atoms with E-state index in [1.807, 2.05) is 0 Å². The van der Waals surface area contributed by atoms with E-state index in [2.05, 4.69) is 17.2 Å². The molecular weight excluding hydrogens is 238 g/mol. The molecular formula is C12H16ClN3O. The Kier molecular flexibility index (Phi) is 3.24. The number of nitrogens with one attached hydrogen (secondary N) is 1. The molecule has 1 amide bonds. The molecule has 0 radical (unpaired) electrons. The van der Waals surface area contributed by atoms with Gasteiger partial charge in [0.25, 0.3) is 5.91 Å². The van der Waals surface area contributed by atoms with Gasteiger partial charge in [-0.25, -0.2) is 4.98 Å². The summed E-state index contributed by atoms with van der Waals surface area (Å²) in [7, 11) is 0. The lowest BCUT2D eigenvalue weighted by Crippen LogP contribution is -2.43. The lowest BCUT2D eigenvalue weighted by atomic mass is 10.00. The summed E-state index contributed by atoms with van der Waals surface area (Å²) in [4.78, 5) is 15.9. The summed E-state index contributed by atoms with van der Waals surface area (Å²) in [6.45, 7) is 2.07. The number of nitrogens with two attached hydrogens (primary N) is 1. The Balaban J connectivity index is 2.17. The number of carbonyl (C=O) groups excluding carboxylic acids is 1. The summed E-state index contributed by atoms with van der Waals surface area (Å²) in [5.74, 6) is 0.129. The van der Waals surface area contributed by atoms with Crippen molar-refractivity contribution in [3.8, 4) is 0 Å². The van der Waals surface area contributed by atoms with E-state index in [0.717, 1.165) is 25.7 Å². The number of hydrogen-bond donors (Lipinski definition) is 2. The number of carbonyl (C=O) groups is 1. The first-order valence-electron chi connectivity index (χ1n) is 5.74. The van der Waals surface area contributed by atoms with Crippen molar-refractivity contribution in [1.29, 1.82) is 0 Å². The molecule has 1 saturated carbocycles. The van der Waals surface area contributed by atoms with Crippen LogP contribution in [0.15, 0.2) is 12.3 Å². The van der Waals surface area contributed by atoms with E-state index in [1.54, 1.807) is 0 Å². The predicted molar refractivity (Wildman–Crippen MR) is 68.0 cm³/mol. The molecule has 0 atom stereocenters. The third-order valence-electron chi connectivity index (χ3n) is 3.24. The van der Waals surface area contributed by atoms with Gasteiger partial charge in [0.1, 0.15) is 5.82 Å². The van der Waals surface area contributed by atoms with Crippen LogP contribution in [-0.4, -0.2) is 16.4 Å². The Labute approximate surface area is 106 Å². The first-order valence-corrected chi connectivity index (χ1v) is 6.11. The second-order valence-corrected chi connectivity index (χ2v) is 5.22. The highest BCUT2D eigenvalue weighted by Gasteiger charge is 2.30. The average Bonchev–Trinajstić information content (AvgIpc) is 2.68. The molecule has 3 N–H and O–H groups in total. The zero-order chi connectivity index (χ0) is 12.5. The summed E-state index contributed by atoms with van der Waals surface area (Å²) < 4.78 is 0. The molecule has 1 heterocycles. The van der Waals surface area contributed by atoms with Crippen molar-refractivity contribution in [2.75, 3.05) is 5.73 Å². The second-order valence-electron chi connectivity index (χ2n) is 4.81. The fourth-order valence-corrected chi connectivity index (χ4v) is 2.44. The van der Waals surface area contributed by atoms with Crippen LogP contribution in [0.5, 0.6) is 0 Å². The highest BCUT2D eigenvalue weighted by atomic mass is 35.5. The van der Waals surface area contributed by atoms with Crippen LogP contribution in [0, 0.1) is 0 Å². The number of anilines is 1. The molecule has 1 aliphatic carbocycles. The van der Waals surface area contributed by atoms with Gasteiger partial charge in [0.15, 0.2) is 0 Å². The van der Waals surface area contributed by atoms with Gasteiger partial charge >= 0.3 is 0 Å². The van der Waals surface area contributed by atoms with Gasteiger partial charge in [-0.2, -0.15) is 0 Å². The number of nitrogens with zero attached hydrogens (tertiary/aromatic N) is 1. The normalized spacial score (nSPS) is 18.0. The molecule has 2 rings (SSSR count). The first kappa shape index (κ1) is 12.2. The topological polar surface area (TPSA) is 68.0 Å². The van der Waals surface area contributed by atoms with Crippen LogP contribution in [-0.2, 0) is 0 Å². The highest BCUT2D eigenvalue weighted by molar-refractivity contribution is 6.33. The van der Waals surface area contributed by atoms with Gasteiger partial charge in [-0.15, -0.1) is 0 Å². The van der Waals surface area contributed by atoms with Gasteiger partial charge < -0.3 is 11.1 Å². The number of aromatic nitrogens is 1. The van der Waals surface area contributed by atoms with Crippen molar-refractivity contribution in [2.45, 2.75) is 38.1 Å². The van der Waals surface area contributed by atoms with Gasteiger partial charge in [-0.1, -0.05) is 24.4 Å². The van der Waals surface area contributed by atoms with E-state index in [0.29, 0.717) is 16.4 Å². The molecule has 1 aromatic rings. The summed E-state index contributed by atoms with van der Waals surface area (Å²) in [5.41, 5.74) is 5.84. The van der Waals surface area contributed by atoms with Gasteiger partial charge in [0, 0.05) is 11.7 Å². The standard InChI is InChI=1S/C12H16ClN3O/c1-12(4-2-3-5-12)16-11(17)8-6-10(14)15-7-9(8)13/h6-7H,2-5H2,1H3,(H2,14,15)(H,16,17). The van der Waals surface area contributed by atoms with E-state index >= 15 is 0 Å². The van der Waals surface area contributed by atoms with E-state index < -0.39 is 0 Å². The summed E-state index contributed by atoms with van der Waals surface area (Å²) in [5, 5.41) is 3.36. The highest BCUT2D eigenvalue weighted by Crippen LogP contribution is 2.29. The van der Waals surface area contributed by atoms with Crippen LogP contribution in [0.2, 0.25) is 5.02 Å². The Morgan fingerprint density at radius 1 is 1.53 bits per heavy atom. The number of halogens is 1. The Hall–Kier alpha value is -1.29. The molecule has 92 valence electrons.